The number of hydrogen-bond acceptors (Lipinski definition) is 4. The molecule has 6 heteroatoms. The summed E-state index contributed by atoms with van der Waals surface area (Å²) in [6.07, 6.45) is 1.01. The van der Waals surface area contributed by atoms with Crippen LogP contribution in [0.3, 0.4) is 0 Å². The minimum absolute atomic E-state index is 0.108. The smallest absolute Gasteiger partial charge is 0.258 e. The fraction of sp³-hybridized carbons (Fsp3) is 0.286. The number of hydrogen-bond donors (Lipinski definition) is 2. The lowest BCUT2D eigenvalue weighted by Crippen LogP contribution is -2.30. The fourth-order valence-corrected chi connectivity index (χ4v) is 3.41. The van der Waals surface area contributed by atoms with Crippen LogP contribution in [-0.4, -0.2) is 31.5 Å². The summed E-state index contributed by atoms with van der Waals surface area (Å²) in [6.45, 7) is 7.62. The molecule has 0 spiro atoms. The molecule has 0 saturated carbocycles. The lowest BCUT2D eigenvalue weighted by molar-refractivity contribution is -0.114. The van der Waals surface area contributed by atoms with Crippen LogP contribution in [0.4, 0.5) is 17.1 Å². The highest BCUT2D eigenvalue weighted by Gasteiger charge is 2.16. The van der Waals surface area contributed by atoms with Crippen LogP contribution in [0.2, 0.25) is 0 Å². The van der Waals surface area contributed by atoms with E-state index in [2.05, 4.69) is 24.5 Å². The van der Waals surface area contributed by atoms with E-state index < -0.39 is 0 Å². The zero-order chi connectivity index (χ0) is 24.3. The Morgan fingerprint density at radius 3 is 2.32 bits per heavy atom. The van der Waals surface area contributed by atoms with Gasteiger partial charge in [-0.2, -0.15) is 0 Å². The third-order valence-electron chi connectivity index (χ3n) is 5.29. The Bertz CT molecular complexity index is 1070. The van der Waals surface area contributed by atoms with E-state index in [1.165, 1.54) is 0 Å². The molecular weight excluding hydrogens is 426 g/mol. The molecule has 0 aliphatic heterocycles. The maximum atomic E-state index is 13.0. The van der Waals surface area contributed by atoms with Crippen LogP contribution in [0.5, 0.6) is 5.75 Å². The van der Waals surface area contributed by atoms with E-state index in [0.717, 1.165) is 23.5 Å². The molecule has 3 aromatic carbocycles. The van der Waals surface area contributed by atoms with Crippen molar-refractivity contribution in [1.82, 2.24) is 0 Å². The predicted molar refractivity (Wildman–Crippen MR) is 139 cm³/mol. The van der Waals surface area contributed by atoms with Gasteiger partial charge in [0.05, 0.1) is 13.2 Å². The van der Waals surface area contributed by atoms with Gasteiger partial charge < -0.3 is 20.3 Å². The van der Waals surface area contributed by atoms with E-state index >= 15 is 0 Å². The molecule has 0 saturated heterocycles. The van der Waals surface area contributed by atoms with Crippen molar-refractivity contribution in [2.45, 2.75) is 27.2 Å². The van der Waals surface area contributed by atoms with Crippen LogP contribution >= 0.6 is 0 Å². The van der Waals surface area contributed by atoms with E-state index in [9.17, 15) is 9.59 Å². The summed E-state index contributed by atoms with van der Waals surface area (Å²) in [6, 6.07) is 24.1. The van der Waals surface area contributed by atoms with Gasteiger partial charge in [-0.25, -0.2) is 0 Å². The van der Waals surface area contributed by atoms with E-state index in [1.54, 1.807) is 29.2 Å². The molecule has 0 aromatic heterocycles. The Balaban J connectivity index is 1.53. The molecule has 2 amide bonds. The van der Waals surface area contributed by atoms with E-state index in [4.69, 9.17) is 4.74 Å². The summed E-state index contributed by atoms with van der Waals surface area (Å²) < 4.78 is 5.72. The number of para-hydroxylation sites is 1. The van der Waals surface area contributed by atoms with Gasteiger partial charge in [-0.05, 0) is 73.9 Å². The van der Waals surface area contributed by atoms with Crippen molar-refractivity contribution in [3.8, 4) is 5.75 Å². The largest absolute Gasteiger partial charge is 0.494 e. The Hall–Kier alpha value is -3.80. The van der Waals surface area contributed by atoms with Gasteiger partial charge in [0, 0.05) is 29.2 Å². The molecule has 0 aliphatic carbocycles. The number of carbonyl (C=O) groups is 2. The summed E-state index contributed by atoms with van der Waals surface area (Å²) >= 11 is 0. The molecule has 6 nitrogen and oxygen atoms in total. The van der Waals surface area contributed by atoms with Gasteiger partial charge in [0.2, 0.25) is 5.91 Å². The number of ether oxygens (including phenoxy) is 1. The Kier molecular flexibility index (Phi) is 9.09. The first-order valence-corrected chi connectivity index (χ1v) is 11.7. The van der Waals surface area contributed by atoms with Gasteiger partial charge in [0.1, 0.15) is 5.75 Å². The molecule has 0 radical (unpaired) electrons. The number of amides is 2. The summed E-state index contributed by atoms with van der Waals surface area (Å²) in [7, 11) is 0. The first-order valence-electron chi connectivity index (χ1n) is 11.7. The first kappa shape index (κ1) is 24.8. The zero-order valence-electron chi connectivity index (χ0n) is 20.1. The maximum Gasteiger partial charge on any atom is 0.258 e. The molecule has 0 unspecified atom stereocenters. The highest BCUT2D eigenvalue weighted by molar-refractivity contribution is 6.07. The number of benzene rings is 3. The third-order valence-corrected chi connectivity index (χ3v) is 5.29. The minimum Gasteiger partial charge on any atom is -0.494 e. The Morgan fingerprint density at radius 1 is 0.912 bits per heavy atom. The van der Waals surface area contributed by atoms with Crippen LogP contribution < -0.4 is 20.3 Å². The summed E-state index contributed by atoms with van der Waals surface area (Å²) in [4.78, 5) is 27.2. The second-order valence-electron chi connectivity index (χ2n) is 8.42. The van der Waals surface area contributed by atoms with Crippen molar-refractivity contribution >= 4 is 28.9 Å². The average Bonchev–Trinajstić information content (AvgIpc) is 2.84. The van der Waals surface area contributed by atoms with Crippen molar-refractivity contribution in [2.75, 3.05) is 35.2 Å². The number of rotatable bonds is 11. The summed E-state index contributed by atoms with van der Waals surface area (Å²) in [5.74, 6) is 1.11. The highest BCUT2D eigenvalue weighted by Crippen LogP contribution is 2.19. The quantitative estimate of drug-likeness (QED) is 0.379. The van der Waals surface area contributed by atoms with E-state index in [0.29, 0.717) is 30.3 Å². The van der Waals surface area contributed by atoms with Crippen LogP contribution in [-0.2, 0) is 4.79 Å². The molecule has 3 aromatic rings. The number of carbonyl (C=O) groups excluding carboxylic acids is 2. The van der Waals surface area contributed by atoms with Crippen LogP contribution in [0, 0.1) is 5.92 Å². The highest BCUT2D eigenvalue weighted by atomic mass is 16.5. The molecule has 34 heavy (non-hydrogen) atoms. The topological polar surface area (TPSA) is 70.7 Å². The van der Waals surface area contributed by atoms with Crippen molar-refractivity contribution in [3.05, 3.63) is 84.4 Å². The number of anilines is 3. The fourth-order valence-electron chi connectivity index (χ4n) is 3.41. The van der Waals surface area contributed by atoms with Gasteiger partial charge in [-0.1, -0.05) is 38.1 Å². The second kappa shape index (κ2) is 12.4. The molecule has 3 rings (SSSR count). The molecule has 0 atom stereocenters. The van der Waals surface area contributed by atoms with Crippen LogP contribution in [0.1, 0.15) is 37.6 Å². The van der Waals surface area contributed by atoms with Crippen molar-refractivity contribution < 1.29 is 14.3 Å². The van der Waals surface area contributed by atoms with Gasteiger partial charge in [0.15, 0.2) is 0 Å². The van der Waals surface area contributed by atoms with Gasteiger partial charge in [-0.15, -0.1) is 0 Å². The van der Waals surface area contributed by atoms with Crippen LogP contribution in [0.15, 0.2) is 78.9 Å². The summed E-state index contributed by atoms with van der Waals surface area (Å²) in [5, 5.41) is 5.97. The van der Waals surface area contributed by atoms with Crippen molar-refractivity contribution in [2.24, 2.45) is 5.92 Å². The Labute approximate surface area is 201 Å². The first-order chi connectivity index (χ1) is 16.5. The van der Waals surface area contributed by atoms with Gasteiger partial charge >= 0.3 is 0 Å². The molecule has 0 heterocycles. The predicted octanol–water partition coefficient (Wildman–Crippen LogP) is 5.83. The van der Waals surface area contributed by atoms with Gasteiger partial charge in [-0.3, -0.25) is 9.59 Å². The molecular formula is C28H33N3O3. The van der Waals surface area contributed by atoms with E-state index in [1.807, 2.05) is 61.5 Å². The molecule has 178 valence electrons. The molecule has 0 bridgehead atoms. The lowest BCUT2D eigenvalue weighted by atomic mass is 10.1. The lowest BCUT2D eigenvalue weighted by Gasteiger charge is -2.21. The van der Waals surface area contributed by atoms with Crippen molar-refractivity contribution in [3.63, 3.8) is 0 Å². The van der Waals surface area contributed by atoms with Gasteiger partial charge in [0.25, 0.3) is 5.91 Å². The zero-order valence-corrected chi connectivity index (χ0v) is 20.1. The normalized spacial score (nSPS) is 10.6. The van der Waals surface area contributed by atoms with E-state index in [-0.39, 0.29) is 18.4 Å². The van der Waals surface area contributed by atoms with Crippen LogP contribution in [0.25, 0.3) is 0 Å². The Morgan fingerprint density at radius 2 is 1.65 bits per heavy atom. The summed E-state index contributed by atoms with van der Waals surface area (Å²) in [5.41, 5.74) is 2.77. The second-order valence-corrected chi connectivity index (χ2v) is 8.42. The maximum absolute atomic E-state index is 13.0. The number of nitrogens with one attached hydrogen (secondary N) is 2. The molecule has 0 fully saturated rings. The molecule has 0 aliphatic rings. The SMILES string of the molecule is CCN(C(=O)c1cccc(NC(=O)CNc2ccc(OCCC(C)C)cc2)c1)c1ccccc1. The monoisotopic (exact) mass is 459 g/mol. The minimum atomic E-state index is -0.197. The standard InChI is InChI=1S/C28H33N3O3/c1-4-31(25-11-6-5-7-12-25)28(33)22-9-8-10-24(19-22)30-27(32)20-29-23-13-15-26(16-14-23)34-18-17-21(2)3/h5-16,19,21,29H,4,17-18,20H2,1-3H3,(H,30,32). The molecule has 2 N–H and O–H groups in total. The third kappa shape index (κ3) is 7.37. The number of nitrogens with zero attached hydrogens (tertiary/aromatic N) is 1. The average molecular weight is 460 g/mol. The van der Waals surface area contributed by atoms with Crippen molar-refractivity contribution in [1.29, 1.82) is 0 Å².